The third kappa shape index (κ3) is 3.70. The van der Waals surface area contributed by atoms with Gasteiger partial charge in [0.05, 0.1) is 11.8 Å². The molecular formula is C18H26N2O5. The highest BCUT2D eigenvalue weighted by molar-refractivity contribution is 6.07. The fourth-order valence-corrected chi connectivity index (χ4v) is 4.27. The van der Waals surface area contributed by atoms with E-state index in [2.05, 4.69) is 5.32 Å². The molecule has 0 aromatic carbocycles. The topological polar surface area (TPSA) is 92.8 Å². The van der Waals surface area contributed by atoms with E-state index in [1.54, 1.807) is 0 Å². The van der Waals surface area contributed by atoms with Crippen LogP contribution in [0.1, 0.15) is 58.3 Å². The van der Waals surface area contributed by atoms with Gasteiger partial charge in [-0.15, -0.1) is 0 Å². The Bertz CT molecular complexity index is 546. The molecule has 7 heteroatoms. The molecule has 2 aliphatic carbocycles. The van der Waals surface area contributed by atoms with Gasteiger partial charge in [0.25, 0.3) is 5.91 Å². The molecule has 0 radical (unpaired) electrons. The van der Waals surface area contributed by atoms with Crippen LogP contribution < -0.4 is 5.32 Å². The van der Waals surface area contributed by atoms with Gasteiger partial charge in [-0.2, -0.15) is 0 Å². The molecule has 1 saturated heterocycles. The summed E-state index contributed by atoms with van der Waals surface area (Å²) in [5, 5.41) is 2.84. The summed E-state index contributed by atoms with van der Waals surface area (Å²) in [5.74, 6) is -2.16. The SMILES string of the molecule is C[C@@H](C(=O)OCC(=O)NC1CCCC1)N1C(=O)[C@@H]2CCCC[C@H]2C1=O. The Hall–Kier alpha value is -1.92. The first-order valence-electron chi connectivity index (χ1n) is 9.32. The Labute approximate surface area is 147 Å². The number of esters is 1. The van der Waals surface area contributed by atoms with Gasteiger partial charge < -0.3 is 10.1 Å². The molecule has 0 bridgehead atoms. The number of hydrogen-bond acceptors (Lipinski definition) is 5. The Kier molecular flexibility index (Phi) is 5.39. The monoisotopic (exact) mass is 350 g/mol. The van der Waals surface area contributed by atoms with Crippen molar-refractivity contribution in [1.82, 2.24) is 10.2 Å². The Balaban J connectivity index is 1.52. The van der Waals surface area contributed by atoms with Crippen LogP contribution in [0.2, 0.25) is 0 Å². The lowest BCUT2D eigenvalue weighted by Gasteiger charge is -2.21. The van der Waals surface area contributed by atoms with E-state index in [4.69, 9.17) is 4.74 Å². The molecule has 3 fully saturated rings. The predicted octanol–water partition coefficient (Wildman–Crippen LogP) is 1.15. The molecule has 0 aromatic heterocycles. The molecule has 1 N–H and O–H groups in total. The molecule has 25 heavy (non-hydrogen) atoms. The smallest absolute Gasteiger partial charge is 0.329 e. The third-order valence-electron chi connectivity index (χ3n) is 5.67. The van der Waals surface area contributed by atoms with Crippen LogP contribution in [0.15, 0.2) is 0 Å². The van der Waals surface area contributed by atoms with E-state index in [1.807, 2.05) is 0 Å². The van der Waals surface area contributed by atoms with E-state index in [-0.39, 0.29) is 42.2 Å². The van der Waals surface area contributed by atoms with Crippen LogP contribution in [0, 0.1) is 11.8 Å². The van der Waals surface area contributed by atoms with E-state index in [1.165, 1.54) is 6.92 Å². The standard InChI is InChI=1S/C18H26N2O5/c1-11(18(24)25-10-15(21)19-12-6-2-3-7-12)20-16(22)13-8-4-5-9-14(13)17(20)23/h11-14H,2-10H2,1H3,(H,19,21)/t11-,13+,14+/m0/s1. The molecule has 7 nitrogen and oxygen atoms in total. The van der Waals surface area contributed by atoms with Crippen LogP contribution >= 0.6 is 0 Å². The van der Waals surface area contributed by atoms with Gasteiger partial charge in [0, 0.05) is 6.04 Å². The van der Waals surface area contributed by atoms with Crippen molar-refractivity contribution in [3.05, 3.63) is 0 Å². The average Bonchev–Trinajstić information content (AvgIpc) is 3.20. The molecule has 1 aliphatic heterocycles. The normalized spacial score (nSPS) is 28.0. The van der Waals surface area contributed by atoms with Crippen molar-refractivity contribution in [2.75, 3.05) is 6.61 Å². The maximum atomic E-state index is 12.5. The van der Waals surface area contributed by atoms with Crippen molar-refractivity contribution < 1.29 is 23.9 Å². The number of rotatable bonds is 5. The fourth-order valence-electron chi connectivity index (χ4n) is 4.27. The zero-order chi connectivity index (χ0) is 18.0. The summed E-state index contributed by atoms with van der Waals surface area (Å²) in [7, 11) is 0. The summed E-state index contributed by atoms with van der Waals surface area (Å²) < 4.78 is 5.04. The van der Waals surface area contributed by atoms with Gasteiger partial charge in [0.1, 0.15) is 6.04 Å². The first-order valence-corrected chi connectivity index (χ1v) is 9.32. The predicted molar refractivity (Wildman–Crippen MR) is 88.1 cm³/mol. The van der Waals surface area contributed by atoms with Crippen molar-refractivity contribution in [3.8, 4) is 0 Å². The Morgan fingerprint density at radius 3 is 2.12 bits per heavy atom. The number of carbonyl (C=O) groups excluding carboxylic acids is 4. The second kappa shape index (κ2) is 7.54. The van der Waals surface area contributed by atoms with E-state index in [0.29, 0.717) is 12.8 Å². The molecule has 138 valence electrons. The van der Waals surface area contributed by atoms with Gasteiger partial charge in [-0.25, -0.2) is 4.79 Å². The van der Waals surface area contributed by atoms with E-state index in [0.717, 1.165) is 43.4 Å². The number of hydrogen-bond donors (Lipinski definition) is 1. The number of nitrogens with one attached hydrogen (secondary N) is 1. The maximum absolute atomic E-state index is 12.5. The lowest BCUT2D eigenvalue weighted by Crippen LogP contribution is -2.45. The van der Waals surface area contributed by atoms with Gasteiger partial charge in [-0.3, -0.25) is 19.3 Å². The number of carbonyl (C=O) groups is 4. The second-order valence-electron chi connectivity index (χ2n) is 7.38. The highest BCUT2D eigenvalue weighted by atomic mass is 16.5. The van der Waals surface area contributed by atoms with Crippen LogP contribution in [-0.2, 0) is 23.9 Å². The molecule has 1 heterocycles. The van der Waals surface area contributed by atoms with Crippen molar-refractivity contribution in [2.45, 2.75) is 70.4 Å². The van der Waals surface area contributed by atoms with Gasteiger partial charge in [0.2, 0.25) is 11.8 Å². The molecule has 3 aliphatic rings. The summed E-state index contributed by atoms with van der Waals surface area (Å²) in [4.78, 5) is 50.1. The summed E-state index contributed by atoms with van der Waals surface area (Å²) in [6, 6.07) is -0.821. The molecule has 3 rings (SSSR count). The Morgan fingerprint density at radius 2 is 1.56 bits per heavy atom. The van der Waals surface area contributed by atoms with Gasteiger partial charge in [-0.05, 0) is 32.6 Å². The molecule has 0 aromatic rings. The molecule has 3 amide bonds. The fraction of sp³-hybridized carbons (Fsp3) is 0.778. The van der Waals surface area contributed by atoms with Crippen molar-refractivity contribution >= 4 is 23.7 Å². The minimum atomic E-state index is -0.982. The van der Waals surface area contributed by atoms with Gasteiger partial charge in [0.15, 0.2) is 6.61 Å². The van der Waals surface area contributed by atoms with Crippen LogP contribution in [0.5, 0.6) is 0 Å². The number of ether oxygens (including phenoxy) is 1. The first-order chi connectivity index (χ1) is 12.0. The minimum absolute atomic E-state index is 0.161. The molecule has 0 spiro atoms. The van der Waals surface area contributed by atoms with Crippen molar-refractivity contribution in [2.24, 2.45) is 11.8 Å². The number of likely N-dealkylation sites (tertiary alicyclic amines) is 1. The highest BCUT2D eigenvalue weighted by Crippen LogP contribution is 2.38. The lowest BCUT2D eigenvalue weighted by atomic mass is 9.81. The zero-order valence-electron chi connectivity index (χ0n) is 14.7. The molecule has 2 saturated carbocycles. The van der Waals surface area contributed by atoms with Crippen LogP contribution in [0.25, 0.3) is 0 Å². The van der Waals surface area contributed by atoms with Crippen LogP contribution in [0.3, 0.4) is 0 Å². The van der Waals surface area contributed by atoms with Crippen molar-refractivity contribution in [3.63, 3.8) is 0 Å². The average molecular weight is 350 g/mol. The summed E-state index contributed by atoms with van der Waals surface area (Å²) in [6.45, 7) is 1.12. The highest BCUT2D eigenvalue weighted by Gasteiger charge is 2.51. The lowest BCUT2D eigenvalue weighted by molar-refractivity contribution is -0.159. The number of amides is 3. The van der Waals surface area contributed by atoms with E-state index in [9.17, 15) is 19.2 Å². The molecule has 3 atom stereocenters. The minimum Gasteiger partial charge on any atom is -0.454 e. The van der Waals surface area contributed by atoms with Gasteiger partial charge in [-0.1, -0.05) is 25.7 Å². The first kappa shape index (κ1) is 17.9. The summed E-state index contributed by atoms with van der Waals surface area (Å²) in [5.41, 5.74) is 0. The van der Waals surface area contributed by atoms with E-state index >= 15 is 0 Å². The number of imide groups is 1. The van der Waals surface area contributed by atoms with Crippen molar-refractivity contribution in [1.29, 1.82) is 0 Å². The maximum Gasteiger partial charge on any atom is 0.329 e. The molecule has 0 unspecified atom stereocenters. The largest absolute Gasteiger partial charge is 0.454 e. The van der Waals surface area contributed by atoms with Crippen LogP contribution in [0.4, 0.5) is 0 Å². The number of fused-ring (bicyclic) bond motifs is 1. The van der Waals surface area contributed by atoms with E-state index < -0.39 is 12.0 Å². The zero-order valence-corrected chi connectivity index (χ0v) is 14.7. The summed E-state index contributed by atoms with van der Waals surface area (Å²) >= 11 is 0. The number of nitrogens with zero attached hydrogens (tertiary/aromatic N) is 1. The quantitative estimate of drug-likeness (QED) is 0.593. The third-order valence-corrected chi connectivity index (χ3v) is 5.67. The molecular weight excluding hydrogens is 324 g/mol. The Morgan fingerprint density at radius 1 is 1.04 bits per heavy atom. The second-order valence-corrected chi connectivity index (χ2v) is 7.38. The van der Waals surface area contributed by atoms with Crippen LogP contribution in [-0.4, -0.2) is 47.3 Å². The van der Waals surface area contributed by atoms with Gasteiger partial charge >= 0.3 is 5.97 Å². The summed E-state index contributed by atoms with van der Waals surface area (Å²) in [6.07, 6.45) is 7.40.